The maximum absolute atomic E-state index is 2.42. The van der Waals surface area contributed by atoms with Gasteiger partial charge in [-0.05, 0) is 98.2 Å². The summed E-state index contributed by atoms with van der Waals surface area (Å²) in [7, 11) is 0. The second-order valence-electron chi connectivity index (χ2n) is 13.7. The van der Waals surface area contributed by atoms with E-state index in [0.29, 0.717) is 0 Å². The van der Waals surface area contributed by atoms with Crippen molar-refractivity contribution in [3.8, 4) is 44.5 Å². The molecule has 0 fully saturated rings. The SMILES string of the molecule is c1ccc(-c2cccc(-c3ccc(N(c4ccc5c(c4)sc4ccccc45)c4ccccc4-c4cccc(-c5cccc6ccccc56)c4)cc3)c2)cc1. The molecule has 0 unspecified atom stereocenters. The molecule has 1 aromatic heterocycles. The van der Waals surface area contributed by atoms with Gasteiger partial charge in [-0.1, -0.05) is 164 Å². The molecular weight excluding hydrogens is 671 g/mol. The summed E-state index contributed by atoms with van der Waals surface area (Å²) in [6.45, 7) is 0. The van der Waals surface area contributed by atoms with E-state index in [1.54, 1.807) is 0 Å². The van der Waals surface area contributed by atoms with E-state index in [9.17, 15) is 0 Å². The summed E-state index contributed by atoms with van der Waals surface area (Å²) in [5.41, 5.74) is 13.0. The molecule has 0 N–H and O–H groups in total. The standard InChI is InChI=1S/C52H35NS/c1-2-13-36(14-3-1)39-17-10-18-40(33-39)37-27-29-43(30-28-37)53(44-31-32-49-48-23-7-9-26-51(48)54-52(49)35-44)50-25-8-6-22-47(50)42-20-11-19-41(34-42)46-24-12-16-38-15-4-5-21-45(38)46/h1-35H. The lowest BCUT2D eigenvalue weighted by Gasteiger charge is -2.28. The van der Waals surface area contributed by atoms with E-state index in [-0.39, 0.29) is 0 Å². The lowest BCUT2D eigenvalue weighted by molar-refractivity contribution is 1.29. The van der Waals surface area contributed by atoms with Crippen molar-refractivity contribution in [3.05, 3.63) is 212 Å². The second kappa shape index (κ2) is 13.7. The fraction of sp³-hybridized carbons (Fsp3) is 0. The summed E-state index contributed by atoms with van der Waals surface area (Å²) in [6, 6.07) is 77.2. The lowest BCUT2D eigenvalue weighted by atomic mass is 9.94. The van der Waals surface area contributed by atoms with Gasteiger partial charge in [0.15, 0.2) is 0 Å². The maximum Gasteiger partial charge on any atom is 0.0540 e. The third-order valence-electron chi connectivity index (χ3n) is 10.5. The summed E-state index contributed by atoms with van der Waals surface area (Å²) in [5, 5.41) is 5.12. The molecule has 1 nitrogen and oxygen atoms in total. The fourth-order valence-corrected chi connectivity index (χ4v) is 8.98. The van der Waals surface area contributed by atoms with Crippen molar-refractivity contribution < 1.29 is 0 Å². The van der Waals surface area contributed by atoms with E-state index in [1.807, 2.05) is 11.3 Å². The van der Waals surface area contributed by atoms with Gasteiger partial charge in [-0.3, -0.25) is 0 Å². The van der Waals surface area contributed by atoms with Crippen LogP contribution in [0.25, 0.3) is 75.5 Å². The molecule has 10 rings (SSSR count). The molecule has 0 aliphatic heterocycles. The number of hydrogen-bond donors (Lipinski definition) is 0. The predicted octanol–water partition coefficient (Wildman–Crippen LogP) is 15.3. The number of anilines is 3. The van der Waals surface area contributed by atoms with Crippen LogP contribution in [-0.2, 0) is 0 Å². The summed E-state index contributed by atoms with van der Waals surface area (Å²) in [5.74, 6) is 0. The second-order valence-corrected chi connectivity index (χ2v) is 14.8. The highest BCUT2D eigenvalue weighted by molar-refractivity contribution is 7.25. The van der Waals surface area contributed by atoms with Crippen LogP contribution in [0.2, 0.25) is 0 Å². The van der Waals surface area contributed by atoms with Gasteiger partial charge in [-0.25, -0.2) is 0 Å². The topological polar surface area (TPSA) is 3.24 Å². The average Bonchev–Trinajstić information content (AvgIpc) is 3.62. The Morgan fingerprint density at radius 2 is 0.833 bits per heavy atom. The van der Waals surface area contributed by atoms with Gasteiger partial charge in [0, 0.05) is 37.1 Å². The lowest BCUT2D eigenvalue weighted by Crippen LogP contribution is -2.11. The number of rotatable bonds is 7. The Bertz CT molecular complexity index is 2930. The third kappa shape index (κ3) is 5.84. The monoisotopic (exact) mass is 705 g/mol. The number of nitrogens with zero attached hydrogens (tertiary/aromatic N) is 1. The molecule has 254 valence electrons. The number of fused-ring (bicyclic) bond motifs is 4. The van der Waals surface area contributed by atoms with Gasteiger partial charge in [0.2, 0.25) is 0 Å². The van der Waals surface area contributed by atoms with E-state index in [4.69, 9.17) is 0 Å². The van der Waals surface area contributed by atoms with Gasteiger partial charge in [0.1, 0.15) is 0 Å². The van der Waals surface area contributed by atoms with Crippen molar-refractivity contribution in [1.82, 2.24) is 0 Å². The molecule has 0 aliphatic carbocycles. The Hall–Kier alpha value is -6.74. The van der Waals surface area contributed by atoms with Crippen LogP contribution in [0, 0.1) is 0 Å². The zero-order chi connectivity index (χ0) is 35.8. The van der Waals surface area contributed by atoms with Crippen molar-refractivity contribution in [1.29, 1.82) is 0 Å². The van der Waals surface area contributed by atoms with Crippen molar-refractivity contribution in [2.75, 3.05) is 4.90 Å². The molecule has 0 aliphatic rings. The molecule has 54 heavy (non-hydrogen) atoms. The molecule has 0 amide bonds. The molecule has 2 heteroatoms. The number of thiophene rings is 1. The van der Waals surface area contributed by atoms with Crippen molar-refractivity contribution in [2.24, 2.45) is 0 Å². The molecule has 0 saturated heterocycles. The van der Waals surface area contributed by atoms with Gasteiger partial charge in [-0.2, -0.15) is 0 Å². The van der Waals surface area contributed by atoms with Crippen molar-refractivity contribution in [2.45, 2.75) is 0 Å². The van der Waals surface area contributed by atoms with E-state index in [2.05, 4.69) is 217 Å². The normalized spacial score (nSPS) is 11.3. The van der Waals surface area contributed by atoms with Crippen LogP contribution in [0.5, 0.6) is 0 Å². The first-order valence-electron chi connectivity index (χ1n) is 18.4. The van der Waals surface area contributed by atoms with Crippen LogP contribution in [0.15, 0.2) is 212 Å². The minimum absolute atomic E-state index is 1.11. The molecular formula is C52H35NS. The smallest absolute Gasteiger partial charge is 0.0540 e. The Labute approximate surface area is 319 Å². The summed E-state index contributed by atoms with van der Waals surface area (Å²) in [4.78, 5) is 2.42. The van der Waals surface area contributed by atoms with E-state index < -0.39 is 0 Å². The predicted molar refractivity (Wildman–Crippen MR) is 233 cm³/mol. The Morgan fingerprint density at radius 1 is 0.296 bits per heavy atom. The van der Waals surface area contributed by atoms with Gasteiger partial charge < -0.3 is 4.90 Å². The number of hydrogen-bond acceptors (Lipinski definition) is 2. The van der Waals surface area contributed by atoms with Gasteiger partial charge in [0.25, 0.3) is 0 Å². The Morgan fingerprint density at radius 3 is 1.67 bits per heavy atom. The van der Waals surface area contributed by atoms with Crippen LogP contribution in [0.4, 0.5) is 17.1 Å². The average molecular weight is 706 g/mol. The molecule has 0 atom stereocenters. The minimum atomic E-state index is 1.11. The van der Waals surface area contributed by atoms with Crippen LogP contribution in [0.1, 0.15) is 0 Å². The third-order valence-corrected chi connectivity index (χ3v) is 11.6. The molecule has 0 radical (unpaired) electrons. The molecule has 1 heterocycles. The zero-order valence-electron chi connectivity index (χ0n) is 29.6. The van der Waals surface area contributed by atoms with Crippen LogP contribution < -0.4 is 4.90 Å². The van der Waals surface area contributed by atoms with Gasteiger partial charge in [0.05, 0.1) is 5.69 Å². The fourth-order valence-electron chi connectivity index (χ4n) is 7.84. The number of para-hydroxylation sites is 1. The van der Waals surface area contributed by atoms with Gasteiger partial charge >= 0.3 is 0 Å². The van der Waals surface area contributed by atoms with E-state index >= 15 is 0 Å². The van der Waals surface area contributed by atoms with E-state index in [0.717, 1.165) is 17.1 Å². The molecule has 0 bridgehead atoms. The molecule has 9 aromatic carbocycles. The van der Waals surface area contributed by atoms with E-state index in [1.165, 1.54) is 75.5 Å². The van der Waals surface area contributed by atoms with Crippen molar-refractivity contribution >= 4 is 59.3 Å². The highest BCUT2D eigenvalue weighted by atomic mass is 32.1. The maximum atomic E-state index is 2.42. The van der Waals surface area contributed by atoms with Gasteiger partial charge in [-0.15, -0.1) is 11.3 Å². The number of benzene rings is 9. The summed E-state index contributed by atoms with van der Waals surface area (Å²) >= 11 is 1.86. The largest absolute Gasteiger partial charge is 0.310 e. The minimum Gasteiger partial charge on any atom is -0.310 e. The Balaban J connectivity index is 1.11. The highest BCUT2D eigenvalue weighted by Crippen LogP contribution is 2.45. The highest BCUT2D eigenvalue weighted by Gasteiger charge is 2.19. The Kier molecular flexibility index (Phi) is 8.09. The van der Waals surface area contributed by atoms with Crippen LogP contribution in [0.3, 0.4) is 0 Å². The molecule has 10 aromatic rings. The summed E-state index contributed by atoms with van der Waals surface area (Å²) < 4.78 is 2.59. The first-order valence-corrected chi connectivity index (χ1v) is 19.2. The van der Waals surface area contributed by atoms with Crippen LogP contribution in [-0.4, -0.2) is 0 Å². The quantitative estimate of drug-likeness (QED) is 0.160. The van der Waals surface area contributed by atoms with Crippen molar-refractivity contribution in [3.63, 3.8) is 0 Å². The first kappa shape index (κ1) is 32.0. The molecule has 0 spiro atoms. The summed E-state index contributed by atoms with van der Waals surface area (Å²) in [6.07, 6.45) is 0. The van der Waals surface area contributed by atoms with Crippen LogP contribution >= 0.6 is 11.3 Å². The molecule has 0 saturated carbocycles. The zero-order valence-corrected chi connectivity index (χ0v) is 30.4. The first-order chi connectivity index (χ1) is 26.8.